The summed E-state index contributed by atoms with van der Waals surface area (Å²) in [5, 5.41) is 26.5. The van der Waals surface area contributed by atoms with E-state index in [1.54, 1.807) is 12.3 Å². The van der Waals surface area contributed by atoms with Crippen LogP contribution in [0.4, 0.5) is 0 Å². The Morgan fingerprint density at radius 1 is 1.00 bits per heavy atom. The molecule has 0 saturated heterocycles. The number of fused-ring (bicyclic) bond motifs is 1. The molecule has 4 atom stereocenters. The maximum Gasteiger partial charge on any atom is 0.326 e. The summed E-state index contributed by atoms with van der Waals surface area (Å²) in [5.41, 5.74) is 7.18. The summed E-state index contributed by atoms with van der Waals surface area (Å²) in [6.07, 6.45) is 2.87. The van der Waals surface area contributed by atoms with Crippen molar-refractivity contribution < 1.29 is 34.2 Å². The Morgan fingerprint density at radius 3 is 2.24 bits per heavy atom. The van der Waals surface area contributed by atoms with Crippen LogP contribution in [0.3, 0.4) is 0 Å². The molecule has 1 aromatic heterocycles. The van der Waals surface area contributed by atoms with Crippen molar-refractivity contribution in [2.75, 3.05) is 17.8 Å². The lowest BCUT2D eigenvalue weighted by molar-refractivity contribution is -0.147. The van der Waals surface area contributed by atoms with Crippen LogP contribution >= 0.6 is 24.4 Å². The minimum Gasteiger partial charge on any atom is -0.481 e. The van der Waals surface area contributed by atoms with E-state index in [0.717, 1.165) is 10.9 Å². The number of hydrogen-bond donors (Lipinski definition) is 8. The molecule has 2 rings (SSSR count). The van der Waals surface area contributed by atoms with Crippen LogP contribution in [0.2, 0.25) is 0 Å². The van der Waals surface area contributed by atoms with Gasteiger partial charge in [-0.25, -0.2) is 4.79 Å². The number of H-pyrrole nitrogens is 1. The van der Waals surface area contributed by atoms with Crippen molar-refractivity contribution in [1.82, 2.24) is 20.9 Å². The first-order chi connectivity index (χ1) is 17.6. The molecule has 3 amide bonds. The third-order valence-corrected chi connectivity index (χ3v) is 6.54. The number of aromatic nitrogens is 1. The highest BCUT2D eigenvalue weighted by Crippen LogP contribution is 2.19. The van der Waals surface area contributed by atoms with Gasteiger partial charge in [-0.2, -0.15) is 24.4 Å². The Hall–Kier alpha value is -3.23. The van der Waals surface area contributed by atoms with E-state index in [0.29, 0.717) is 11.3 Å². The Morgan fingerprint density at radius 2 is 1.62 bits per heavy atom. The maximum absolute atomic E-state index is 13.2. The van der Waals surface area contributed by atoms with Gasteiger partial charge in [0, 0.05) is 29.3 Å². The number of carboxylic acid groups (broad SMARTS) is 2. The standard InChI is InChI=1S/C23H31N5O7S2/c1-37-7-6-16(26-20(31)14(24)11-36)21(32)27-17(22(33)28-18(23(34)35)9-19(29)30)8-12-10-25-15-5-3-2-4-13(12)15/h2-5,10,14,16-18,25,36H,6-9,11,24H2,1H3,(H,26,31)(H,27,32)(H,28,33)(H,29,30)(H,34,35). The van der Waals surface area contributed by atoms with Crippen molar-refractivity contribution >= 4 is 65.0 Å². The van der Waals surface area contributed by atoms with Crippen LogP contribution in [-0.2, 0) is 30.4 Å². The zero-order valence-corrected chi connectivity index (χ0v) is 21.8. The average molecular weight is 554 g/mol. The van der Waals surface area contributed by atoms with Crippen LogP contribution in [0.25, 0.3) is 10.9 Å². The van der Waals surface area contributed by atoms with Gasteiger partial charge < -0.3 is 36.9 Å². The van der Waals surface area contributed by atoms with E-state index in [2.05, 4.69) is 33.6 Å². The molecule has 37 heavy (non-hydrogen) atoms. The zero-order chi connectivity index (χ0) is 27.5. The number of nitrogens with one attached hydrogen (secondary N) is 4. The lowest BCUT2D eigenvalue weighted by Crippen LogP contribution is -2.58. The molecule has 2 aromatic rings. The predicted molar refractivity (Wildman–Crippen MR) is 143 cm³/mol. The average Bonchev–Trinajstić information content (AvgIpc) is 3.27. The van der Waals surface area contributed by atoms with Gasteiger partial charge in [-0.15, -0.1) is 0 Å². The highest BCUT2D eigenvalue weighted by Gasteiger charge is 2.31. The molecule has 8 N–H and O–H groups in total. The molecule has 202 valence electrons. The van der Waals surface area contributed by atoms with Gasteiger partial charge in [-0.05, 0) is 30.1 Å². The monoisotopic (exact) mass is 553 g/mol. The molecule has 0 aliphatic carbocycles. The van der Waals surface area contributed by atoms with Crippen LogP contribution in [-0.4, -0.2) is 86.8 Å². The van der Waals surface area contributed by atoms with E-state index < -0.39 is 60.2 Å². The van der Waals surface area contributed by atoms with Crippen molar-refractivity contribution in [1.29, 1.82) is 0 Å². The number of thiol groups is 1. The number of aromatic amines is 1. The van der Waals surface area contributed by atoms with Gasteiger partial charge in [0.1, 0.15) is 18.1 Å². The van der Waals surface area contributed by atoms with E-state index in [-0.39, 0.29) is 18.6 Å². The van der Waals surface area contributed by atoms with E-state index in [1.165, 1.54) is 11.8 Å². The second-order valence-electron chi connectivity index (χ2n) is 8.25. The molecule has 0 radical (unpaired) electrons. The molecular weight excluding hydrogens is 522 g/mol. The van der Waals surface area contributed by atoms with Crippen LogP contribution < -0.4 is 21.7 Å². The number of para-hydroxylation sites is 1. The fourth-order valence-corrected chi connectivity index (χ4v) is 4.15. The van der Waals surface area contributed by atoms with Gasteiger partial charge in [0.15, 0.2) is 0 Å². The Kier molecular flexibility index (Phi) is 11.8. The topological polar surface area (TPSA) is 204 Å². The number of benzene rings is 1. The molecule has 0 saturated carbocycles. The van der Waals surface area contributed by atoms with Gasteiger partial charge in [0.05, 0.1) is 12.5 Å². The SMILES string of the molecule is CSCCC(NC(=O)C(N)CS)C(=O)NC(Cc1c[nH]c2ccccc12)C(=O)NC(CC(=O)O)C(=O)O. The second-order valence-corrected chi connectivity index (χ2v) is 9.60. The van der Waals surface area contributed by atoms with Crippen LogP contribution in [0.15, 0.2) is 30.5 Å². The number of thioether (sulfide) groups is 1. The summed E-state index contributed by atoms with van der Waals surface area (Å²) >= 11 is 5.45. The number of carbonyl (C=O) groups is 5. The summed E-state index contributed by atoms with van der Waals surface area (Å²) in [5.74, 6) is -4.49. The first kappa shape index (κ1) is 30.0. The Labute approximate surface area is 222 Å². The fraction of sp³-hybridized carbons (Fsp3) is 0.435. The summed E-state index contributed by atoms with van der Waals surface area (Å²) in [6, 6.07) is 2.36. The fourth-order valence-electron chi connectivity index (χ4n) is 3.52. The summed E-state index contributed by atoms with van der Waals surface area (Å²) in [7, 11) is 0. The minimum absolute atomic E-state index is 0.0274. The predicted octanol–water partition coefficient (Wildman–Crippen LogP) is -0.266. The number of hydrogen-bond acceptors (Lipinski definition) is 8. The second kappa shape index (κ2) is 14.5. The number of amides is 3. The largest absolute Gasteiger partial charge is 0.481 e. The van der Waals surface area contributed by atoms with Crippen molar-refractivity contribution in [3.05, 3.63) is 36.0 Å². The molecule has 4 unspecified atom stereocenters. The van der Waals surface area contributed by atoms with E-state index in [1.807, 2.05) is 24.5 Å². The van der Waals surface area contributed by atoms with Crippen LogP contribution in [0.5, 0.6) is 0 Å². The zero-order valence-electron chi connectivity index (χ0n) is 20.1. The summed E-state index contributed by atoms with van der Waals surface area (Å²) in [6.45, 7) is 0. The maximum atomic E-state index is 13.2. The number of aliphatic carboxylic acids is 2. The molecule has 1 heterocycles. The molecule has 12 nitrogen and oxygen atoms in total. The normalized spacial score (nSPS) is 14.2. The quantitative estimate of drug-likeness (QED) is 0.137. The van der Waals surface area contributed by atoms with Crippen LogP contribution in [0.1, 0.15) is 18.4 Å². The third-order valence-electron chi connectivity index (χ3n) is 5.50. The first-order valence-corrected chi connectivity index (χ1v) is 13.4. The van der Waals surface area contributed by atoms with Gasteiger partial charge >= 0.3 is 11.9 Å². The smallest absolute Gasteiger partial charge is 0.326 e. The number of nitrogens with two attached hydrogens (primary N) is 1. The molecular formula is C23H31N5O7S2. The van der Waals surface area contributed by atoms with Crippen LogP contribution in [0, 0.1) is 0 Å². The number of carbonyl (C=O) groups excluding carboxylic acids is 3. The lowest BCUT2D eigenvalue weighted by atomic mass is 10.0. The number of rotatable bonds is 15. The van der Waals surface area contributed by atoms with Gasteiger partial charge in [0.25, 0.3) is 0 Å². The Bertz CT molecular complexity index is 1130. The number of carboxylic acids is 2. The highest BCUT2D eigenvalue weighted by molar-refractivity contribution is 7.98. The van der Waals surface area contributed by atoms with E-state index in [9.17, 15) is 29.1 Å². The van der Waals surface area contributed by atoms with Gasteiger partial charge in [0.2, 0.25) is 17.7 Å². The van der Waals surface area contributed by atoms with E-state index >= 15 is 0 Å². The molecule has 0 bridgehead atoms. The molecule has 0 spiro atoms. The third kappa shape index (κ3) is 8.98. The van der Waals surface area contributed by atoms with Crippen molar-refractivity contribution in [3.63, 3.8) is 0 Å². The lowest BCUT2D eigenvalue weighted by Gasteiger charge is -2.25. The highest BCUT2D eigenvalue weighted by atomic mass is 32.2. The van der Waals surface area contributed by atoms with Crippen molar-refractivity contribution in [3.8, 4) is 0 Å². The van der Waals surface area contributed by atoms with Crippen molar-refractivity contribution in [2.45, 2.75) is 43.4 Å². The molecule has 1 aromatic carbocycles. The Balaban J connectivity index is 2.32. The van der Waals surface area contributed by atoms with Gasteiger partial charge in [-0.3, -0.25) is 19.2 Å². The molecule has 0 aliphatic heterocycles. The molecule has 14 heteroatoms. The molecule has 0 aliphatic rings. The summed E-state index contributed by atoms with van der Waals surface area (Å²) in [4.78, 5) is 64.3. The minimum atomic E-state index is -1.70. The molecule has 0 fully saturated rings. The summed E-state index contributed by atoms with van der Waals surface area (Å²) < 4.78 is 0. The van der Waals surface area contributed by atoms with Crippen molar-refractivity contribution in [2.24, 2.45) is 5.73 Å². The first-order valence-electron chi connectivity index (χ1n) is 11.3. The van der Waals surface area contributed by atoms with E-state index in [4.69, 9.17) is 10.8 Å². The van der Waals surface area contributed by atoms with Gasteiger partial charge in [-0.1, -0.05) is 18.2 Å².